The highest BCUT2D eigenvalue weighted by atomic mass is 32.2. The van der Waals surface area contributed by atoms with E-state index in [4.69, 9.17) is 4.74 Å². The maximum Gasteiger partial charge on any atom is 0.191 e. The number of halogens is 1. The smallest absolute Gasteiger partial charge is 0.191 e. The van der Waals surface area contributed by atoms with Gasteiger partial charge in [0.2, 0.25) is 0 Å². The maximum absolute atomic E-state index is 13.3. The van der Waals surface area contributed by atoms with Crippen LogP contribution in [0, 0.1) is 5.82 Å². The number of rotatable bonds is 8. The minimum atomic E-state index is -0.219. The third kappa shape index (κ3) is 4.64. The van der Waals surface area contributed by atoms with Gasteiger partial charge in [-0.05, 0) is 48.4 Å². The summed E-state index contributed by atoms with van der Waals surface area (Å²) in [5.74, 6) is 2.09. The molecule has 0 fully saturated rings. The molecule has 0 aliphatic rings. The van der Waals surface area contributed by atoms with Crippen LogP contribution in [0.4, 0.5) is 4.39 Å². The van der Waals surface area contributed by atoms with E-state index in [9.17, 15) is 4.39 Å². The predicted molar refractivity (Wildman–Crippen MR) is 103 cm³/mol. The van der Waals surface area contributed by atoms with Crippen molar-refractivity contribution in [1.29, 1.82) is 0 Å². The van der Waals surface area contributed by atoms with Gasteiger partial charge < -0.3 is 9.30 Å². The fraction of sp³-hybridized carbons (Fsp3) is 0.300. The van der Waals surface area contributed by atoms with Crippen molar-refractivity contribution in [3.05, 3.63) is 59.9 Å². The molecule has 0 N–H and O–H groups in total. The summed E-state index contributed by atoms with van der Waals surface area (Å²) < 4.78 is 20.9. The van der Waals surface area contributed by atoms with Gasteiger partial charge in [0.15, 0.2) is 11.0 Å². The molecular formula is C20H22FN3OS. The van der Waals surface area contributed by atoms with Crippen LogP contribution in [0.3, 0.4) is 0 Å². The molecule has 1 aromatic heterocycles. The molecule has 2 aromatic carbocycles. The Morgan fingerprint density at radius 3 is 2.65 bits per heavy atom. The Bertz CT molecular complexity index is 849. The second-order valence-corrected chi connectivity index (χ2v) is 6.95. The Balaban J connectivity index is 1.66. The number of unbranched alkanes of at least 4 members (excludes halogenated alkanes) is 1. The molecule has 3 aromatic rings. The molecule has 26 heavy (non-hydrogen) atoms. The van der Waals surface area contributed by atoms with E-state index in [1.54, 1.807) is 12.1 Å². The summed E-state index contributed by atoms with van der Waals surface area (Å²) in [5, 5.41) is 9.36. The fourth-order valence-electron chi connectivity index (χ4n) is 2.50. The lowest BCUT2D eigenvalue weighted by Crippen LogP contribution is -1.97. The SMILES string of the molecule is CCCCOc1ccc(-c2nnc(SCc3cccc(F)c3)n2C)cc1. The van der Waals surface area contributed by atoms with E-state index in [1.807, 2.05) is 41.9 Å². The minimum Gasteiger partial charge on any atom is -0.494 e. The van der Waals surface area contributed by atoms with Crippen LogP contribution >= 0.6 is 11.8 Å². The second kappa shape index (κ2) is 8.85. The Morgan fingerprint density at radius 1 is 1.12 bits per heavy atom. The van der Waals surface area contributed by atoms with Crippen LogP contribution in [0.2, 0.25) is 0 Å². The van der Waals surface area contributed by atoms with Crippen molar-refractivity contribution < 1.29 is 9.13 Å². The molecule has 0 atom stereocenters. The van der Waals surface area contributed by atoms with Crippen molar-refractivity contribution >= 4 is 11.8 Å². The van der Waals surface area contributed by atoms with Crippen molar-refractivity contribution in [3.63, 3.8) is 0 Å². The third-order valence-electron chi connectivity index (χ3n) is 3.97. The molecule has 0 radical (unpaired) electrons. The average molecular weight is 371 g/mol. The van der Waals surface area contributed by atoms with Gasteiger partial charge in [0.05, 0.1) is 6.61 Å². The molecule has 4 nitrogen and oxygen atoms in total. The first kappa shape index (κ1) is 18.5. The summed E-state index contributed by atoms with van der Waals surface area (Å²) in [6.45, 7) is 2.88. The topological polar surface area (TPSA) is 39.9 Å². The standard InChI is InChI=1S/C20H22FN3OS/c1-3-4-12-25-18-10-8-16(9-11-18)19-22-23-20(24(19)2)26-14-15-6-5-7-17(21)13-15/h5-11,13H,3-4,12,14H2,1-2H3. The lowest BCUT2D eigenvalue weighted by atomic mass is 10.2. The molecule has 0 amide bonds. The van der Waals surface area contributed by atoms with E-state index in [2.05, 4.69) is 17.1 Å². The molecule has 3 rings (SSSR count). The Morgan fingerprint density at radius 2 is 1.92 bits per heavy atom. The molecule has 0 aliphatic heterocycles. The normalized spacial score (nSPS) is 10.9. The van der Waals surface area contributed by atoms with Crippen LogP contribution in [0.15, 0.2) is 53.7 Å². The fourth-order valence-corrected chi connectivity index (χ4v) is 3.36. The predicted octanol–water partition coefficient (Wildman–Crippen LogP) is 5.09. The summed E-state index contributed by atoms with van der Waals surface area (Å²) in [7, 11) is 1.94. The van der Waals surface area contributed by atoms with Gasteiger partial charge in [-0.25, -0.2) is 4.39 Å². The minimum absolute atomic E-state index is 0.219. The van der Waals surface area contributed by atoms with Gasteiger partial charge in [-0.15, -0.1) is 10.2 Å². The van der Waals surface area contributed by atoms with Crippen molar-refractivity contribution in [1.82, 2.24) is 14.8 Å². The van der Waals surface area contributed by atoms with Gasteiger partial charge in [-0.3, -0.25) is 0 Å². The number of hydrogen-bond donors (Lipinski definition) is 0. The average Bonchev–Trinajstić information content (AvgIpc) is 3.01. The molecule has 0 saturated heterocycles. The Hall–Kier alpha value is -2.34. The summed E-state index contributed by atoms with van der Waals surface area (Å²) >= 11 is 1.54. The summed E-state index contributed by atoms with van der Waals surface area (Å²) in [6, 6.07) is 14.5. The number of thioether (sulfide) groups is 1. The van der Waals surface area contributed by atoms with Crippen LogP contribution in [0.5, 0.6) is 5.75 Å². The van der Waals surface area contributed by atoms with Gasteiger partial charge in [-0.1, -0.05) is 37.2 Å². The van der Waals surface area contributed by atoms with E-state index in [0.29, 0.717) is 5.75 Å². The van der Waals surface area contributed by atoms with E-state index in [-0.39, 0.29) is 5.82 Å². The summed E-state index contributed by atoms with van der Waals surface area (Å²) in [6.07, 6.45) is 2.17. The van der Waals surface area contributed by atoms with Crippen LogP contribution in [-0.2, 0) is 12.8 Å². The number of aromatic nitrogens is 3. The van der Waals surface area contributed by atoms with Crippen molar-refractivity contribution in [2.24, 2.45) is 7.05 Å². The Labute approximate surface area is 157 Å². The first-order chi connectivity index (χ1) is 12.7. The van der Waals surface area contributed by atoms with Gasteiger partial charge in [0.1, 0.15) is 11.6 Å². The molecule has 136 valence electrons. The van der Waals surface area contributed by atoms with Gasteiger partial charge in [0.25, 0.3) is 0 Å². The lowest BCUT2D eigenvalue weighted by molar-refractivity contribution is 0.309. The van der Waals surface area contributed by atoms with Crippen LogP contribution in [0.25, 0.3) is 11.4 Å². The first-order valence-electron chi connectivity index (χ1n) is 8.67. The number of benzene rings is 2. The molecule has 6 heteroatoms. The molecule has 0 saturated carbocycles. The molecule has 1 heterocycles. The van der Waals surface area contributed by atoms with Gasteiger partial charge in [0, 0.05) is 18.4 Å². The molecule has 0 unspecified atom stereocenters. The molecule has 0 aliphatic carbocycles. The zero-order valence-electron chi connectivity index (χ0n) is 15.0. The van der Waals surface area contributed by atoms with E-state index in [0.717, 1.165) is 47.3 Å². The van der Waals surface area contributed by atoms with E-state index >= 15 is 0 Å². The van der Waals surface area contributed by atoms with Gasteiger partial charge in [-0.2, -0.15) is 0 Å². The van der Waals surface area contributed by atoms with Crippen LogP contribution < -0.4 is 4.74 Å². The van der Waals surface area contributed by atoms with Crippen molar-refractivity contribution in [2.75, 3.05) is 6.61 Å². The highest BCUT2D eigenvalue weighted by Gasteiger charge is 2.11. The van der Waals surface area contributed by atoms with E-state index in [1.165, 1.54) is 17.8 Å². The second-order valence-electron chi connectivity index (χ2n) is 6.01. The number of ether oxygens (including phenoxy) is 1. The summed E-state index contributed by atoms with van der Waals surface area (Å²) in [4.78, 5) is 0. The van der Waals surface area contributed by atoms with Crippen molar-refractivity contribution in [3.8, 4) is 17.1 Å². The largest absolute Gasteiger partial charge is 0.494 e. The molecule has 0 bridgehead atoms. The third-order valence-corrected chi connectivity index (χ3v) is 5.06. The highest BCUT2D eigenvalue weighted by molar-refractivity contribution is 7.98. The number of hydrogen-bond acceptors (Lipinski definition) is 4. The first-order valence-corrected chi connectivity index (χ1v) is 9.66. The van der Waals surface area contributed by atoms with Gasteiger partial charge >= 0.3 is 0 Å². The van der Waals surface area contributed by atoms with E-state index < -0.39 is 0 Å². The highest BCUT2D eigenvalue weighted by Crippen LogP contribution is 2.26. The quantitative estimate of drug-likeness (QED) is 0.408. The monoisotopic (exact) mass is 371 g/mol. The zero-order chi connectivity index (χ0) is 18.4. The molecule has 0 spiro atoms. The zero-order valence-corrected chi connectivity index (χ0v) is 15.8. The summed E-state index contributed by atoms with van der Waals surface area (Å²) in [5.41, 5.74) is 1.91. The number of nitrogens with zero attached hydrogens (tertiary/aromatic N) is 3. The maximum atomic E-state index is 13.3. The van der Waals surface area contributed by atoms with Crippen molar-refractivity contribution in [2.45, 2.75) is 30.7 Å². The molecular weight excluding hydrogens is 349 g/mol. The Kier molecular flexibility index (Phi) is 6.28. The van der Waals surface area contributed by atoms with Crippen LogP contribution in [0.1, 0.15) is 25.3 Å². The van der Waals surface area contributed by atoms with Crippen LogP contribution in [-0.4, -0.2) is 21.4 Å². The lowest BCUT2D eigenvalue weighted by Gasteiger charge is -2.07.